The van der Waals surface area contributed by atoms with Gasteiger partial charge in [-0.2, -0.15) is 26.3 Å². The van der Waals surface area contributed by atoms with Crippen LogP contribution in [0, 0.1) is 12.8 Å². The van der Waals surface area contributed by atoms with E-state index in [0.29, 0.717) is 24.1 Å². The third-order valence-corrected chi connectivity index (χ3v) is 7.34. The first-order valence-corrected chi connectivity index (χ1v) is 14.4. The number of hydrogen-bond donors (Lipinski definition) is 0. The van der Waals surface area contributed by atoms with E-state index in [0.717, 1.165) is 54.3 Å². The number of carbonyl (C=O) groups excluding carboxylic acids is 1. The van der Waals surface area contributed by atoms with E-state index in [9.17, 15) is 31.1 Å². The number of esters is 1. The van der Waals surface area contributed by atoms with E-state index in [1.807, 2.05) is 17.6 Å². The van der Waals surface area contributed by atoms with E-state index in [1.165, 1.54) is 17.7 Å². The zero-order valence-corrected chi connectivity index (χ0v) is 25.0. The summed E-state index contributed by atoms with van der Waals surface area (Å²) >= 11 is 0. The van der Waals surface area contributed by atoms with Crippen molar-refractivity contribution in [3.8, 4) is 17.0 Å². The molecule has 0 bridgehead atoms. The Morgan fingerprint density at radius 2 is 1.67 bits per heavy atom. The van der Waals surface area contributed by atoms with Gasteiger partial charge in [0, 0.05) is 35.3 Å². The second-order valence-electron chi connectivity index (χ2n) is 11.3. The Bertz CT molecular complexity index is 1410. The van der Waals surface area contributed by atoms with Crippen LogP contribution in [0.5, 0.6) is 5.75 Å². The standard InChI is InChI=1S/C33H39F6NO3/c1-6-8-9-10-24-11-14-27(23(5)17-24)29-18-25-12-13-26(19-28(25)40(29)16-15-22(3)4)42-20-31(34,35)33(38,39)32(36,37)21-43-30(41)7-2/h7,11-14,17-19,22H,2,6,8-10,15-16,20-21H2,1,3-5H3. The number of fused-ring (bicyclic) bond motifs is 1. The Morgan fingerprint density at radius 1 is 0.977 bits per heavy atom. The molecule has 0 unspecified atom stereocenters. The number of nitrogens with zero attached hydrogens (tertiary/aromatic N) is 1. The number of unbranched alkanes of at least 4 members (excludes halogenated alkanes) is 2. The maximum absolute atomic E-state index is 14.5. The van der Waals surface area contributed by atoms with Crippen molar-refractivity contribution in [2.24, 2.45) is 5.92 Å². The average Bonchev–Trinajstić information content (AvgIpc) is 3.31. The Balaban J connectivity index is 1.90. The number of ether oxygens (including phenoxy) is 2. The Morgan fingerprint density at radius 3 is 2.30 bits per heavy atom. The summed E-state index contributed by atoms with van der Waals surface area (Å²) in [7, 11) is 0. The van der Waals surface area contributed by atoms with Gasteiger partial charge < -0.3 is 14.0 Å². The van der Waals surface area contributed by atoms with Crippen LogP contribution in [-0.2, 0) is 22.5 Å². The molecule has 1 heterocycles. The first-order valence-electron chi connectivity index (χ1n) is 14.4. The number of benzene rings is 2. The van der Waals surface area contributed by atoms with Gasteiger partial charge in [0.05, 0.1) is 5.52 Å². The van der Waals surface area contributed by atoms with E-state index in [-0.39, 0.29) is 5.75 Å². The largest absolute Gasteiger partial charge is 0.487 e. The van der Waals surface area contributed by atoms with Crippen molar-refractivity contribution >= 4 is 16.9 Å². The molecule has 1 aromatic heterocycles. The first kappa shape index (κ1) is 34.1. The molecule has 0 aliphatic rings. The van der Waals surface area contributed by atoms with Gasteiger partial charge in [-0.3, -0.25) is 0 Å². The summed E-state index contributed by atoms with van der Waals surface area (Å²) in [5.74, 6) is -17.8. The van der Waals surface area contributed by atoms with Crippen LogP contribution in [0.1, 0.15) is 57.6 Å². The zero-order valence-electron chi connectivity index (χ0n) is 25.0. The van der Waals surface area contributed by atoms with E-state index < -0.39 is 37.0 Å². The van der Waals surface area contributed by atoms with Gasteiger partial charge in [-0.25, -0.2) is 4.79 Å². The minimum Gasteiger partial charge on any atom is -0.487 e. The Hall–Kier alpha value is -3.43. The smallest absolute Gasteiger partial charge is 0.378 e. The molecule has 0 amide bonds. The lowest BCUT2D eigenvalue weighted by atomic mass is 9.99. The highest BCUT2D eigenvalue weighted by Crippen LogP contribution is 2.46. The van der Waals surface area contributed by atoms with E-state index in [1.54, 1.807) is 6.07 Å². The first-order chi connectivity index (χ1) is 20.1. The van der Waals surface area contributed by atoms with Crippen LogP contribution in [0.3, 0.4) is 0 Å². The number of aryl methyl sites for hydroxylation is 3. The van der Waals surface area contributed by atoms with Crippen molar-refractivity contribution in [3.63, 3.8) is 0 Å². The molecule has 0 aliphatic carbocycles. The normalized spacial score (nSPS) is 12.6. The number of hydrogen-bond acceptors (Lipinski definition) is 3. The van der Waals surface area contributed by atoms with Crippen molar-refractivity contribution in [2.75, 3.05) is 13.2 Å². The topological polar surface area (TPSA) is 40.5 Å². The molecule has 4 nitrogen and oxygen atoms in total. The molecule has 0 atom stereocenters. The molecule has 0 fully saturated rings. The van der Waals surface area contributed by atoms with Gasteiger partial charge in [-0.15, -0.1) is 0 Å². The summed E-state index contributed by atoms with van der Waals surface area (Å²) in [6, 6.07) is 12.7. The van der Waals surface area contributed by atoms with E-state index >= 15 is 0 Å². The number of halogens is 6. The molecule has 3 rings (SSSR count). The van der Waals surface area contributed by atoms with E-state index in [4.69, 9.17) is 4.74 Å². The molecule has 0 aliphatic heterocycles. The fourth-order valence-corrected chi connectivity index (χ4v) is 4.77. The molecular weight excluding hydrogens is 572 g/mol. The van der Waals surface area contributed by atoms with Gasteiger partial charge in [0.15, 0.2) is 13.2 Å². The predicted molar refractivity (Wildman–Crippen MR) is 156 cm³/mol. The Kier molecular flexibility index (Phi) is 11.0. The van der Waals surface area contributed by atoms with Crippen molar-refractivity contribution in [1.29, 1.82) is 0 Å². The van der Waals surface area contributed by atoms with Crippen LogP contribution in [0.25, 0.3) is 22.2 Å². The third-order valence-electron chi connectivity index (χ3n) is 7.34. The zero-order chi connectivity index (χ0) is 32.0. The molecule has 0 spiro atoms. The lowest BCUT2D eigenvalue weighted by Gasteiger charge is -2.32. The number of rotatable bonds is 16. The van der Waals surface area contributed by atoms with Gasteiger partial charge in [-0.05, 0) is 61.4 Å². The monoisotopic (exact) mass is 611 g/mol. The lowest BCUT2D eigenvalue weighted by molar-refractivity contribution is -0.322. The van der Waals surface area contributed by atoms with Gasteiger partial charge in [0.2, 0.25) is 0 Å². The summed E-state index contributed by atoms with van der Waals surface area (Å²) in [4.78, 5) is 11.0. The van der Waals surface area contributed by atoms with E-state index in [2.05, 4.69) is 50.3 Å². The van der Waals surface area contributed by atoms with Gasteiger partial charge in [0.1, 0.15) is 5.75 Å². The van der Waals surface area contributed by atoms with Crippen LogP contribution >= 0.6 is 0 Å². The highest BCUT2D eigenvalue weighted by Gasteiger charge is 2.72. The third kappa shape index (κ3) is 7.95. The van der Waals surface area contributed by atoms with Crippen LogP contribution in [0.15, 0.2) is 55.1 Å². The molecule has 3 aromatic rings. The van der Waals surface area contributed by atoms with Gasteiger partial charge in [-0.1, -0.05) is 58.4 Å². The summed E-state index contributed by atoms with van der Waals surface area (Å²) in [6.45, 7) is 7.63. The summed E-state index contributed by atoms with van der Waals surface area (Å²) in [5, 5.41) is 0.783. The van der Waals surface area contributed by atoms with Crippen LogP contribution < -0.4 is 4.74 Å². The average molecular weight is 612 g/mol. The minimum absolute atomic E-state index is 0.178. The molecule has 236 valence electrons. The van der Waals surface area contributed by atoms with Crippen molar-refractivity contribution in [1.82, 2.24) is 4.57 Å². The molecule has 43 heavy (non-hydrogen) atoms. The fourth-order valence-electron chi connectivity index (χ4n) is 4.77. The summed E-state index contributed by atoms with van der Waals surface area (Å²) < 4.78 is 96.5. The Labute approximate surface area is 248 Å². The molecular formula is C33H39F6NO3. The maximum Gasteiger partial charge on any atom is 0.378 e. The quantitative estimate of drug-likeness (QED) is 0.0701. The molecule has 10 heteroatoms. The van der Waals surface area contributed by atoms with Crippen molar-refractivity contribution in [3.05, 3.63) is 66.2 Å². The number of carbonyl (C=O) groups is 1. The number of aromatic nitrogens is 1. The number of alkyl halides is 6. The second kappa shape index (κ2) is 13.9. The summed E-state index contributed by atoms with van der Waals surface area (Å²) in [6.07, 6.45) is 5.66. The SMILES string of the molecule is C=CC(=O)OCC(F)(F)C(F)(F)C(F)(F)COc1ccc2cc(-c3ccc(CCCCC)cc3C)n(CCC(C)C)c2c1. The van der Waals surface area contributed by atoms with Crippen molar-refractivity contribution < 1.29 is 40.6 Å². The van der Waals surface area contributed by atoms with Crippen LogP contribution in [-0.4, -0.2) is 41.5 Å². The van der Waals surface area contributed by atoms with Gasteiger partial charge >= 0.3 is 23.7 Å². The fraction of sp³-hybridized carbons (Fsp3) is 0.485. The predicted octanol–water partition coefficient (Wildman–Crippen LogP) is 9.41. The molecule has 0 N–H and O–H groups in total. The minimum atomic E-state index is -5.86. The molecule has 0 saturated carbocycles. The second-order valence-corrected chi connectivity index (χ2v) is 11.3. The maximum atomic E-state index is 14.5. The highest BCUT2D eigenvalue weighted by atomic mass is 19.3. The van der Waals surface area contributed by atoms with Gasteiger partial charge in [0.25, 0.3) is 0 Å². The summed E-state index contributed by atoms with van der Waals surface area (Å²) in [5.41, 5.74) is 4.89. The molecule has 0 saturated heterocycles. The molecule has 2 aromatic carbocycles. The van der Waals surface area contributed by atoms with Crippen molar-refractivity contribution in [2.45, 2.75) is 84.1 Å². The van der Waals surface area contributed by atoms with Crippen LogP contribution in [0.4, 0.5) is 26.3 Å². The lowest BCUT2D eigenvalue weighted by Crippen LogP contribution is -2.58. The van der Waals surface area contributed by atoms with Crippen LogP contribution in [0.2, 0.25) is 0 Å². The molecule has 0 radical (unpaired) electrons. The highest BCUT2D eigenvalue weighted by molar-refractivity contribution is 5.88.